The van der Waals surface area contributed by atoms with Gasteiger partial charge in [-0.25, -0.2) is 4.98 Å². The first kappa shape index (κ1) is 11.3. The maximum atomic E-state index is 11.9. The monoisotopic (exact) mass is 230 g/mol. The number of hydrogen-bond donors (Lipinski definition) is 1. The lowest BCUT2D eigenvalue weighted by Gasteiger charge is -2.13. The third-order valence-corrected chi connectivity index (χ3v) is 2.49. The van der Waals surface area contributed by atoms with Crippen molar-refractivity contribution < 1.29 is 4.79 Å². The third-order valence-electron chi connectivity index (χ3n) is 2.49. The van der Waals surface area contributed by atoms with Crippen molar-refractivity contribution in [2.24, 2.45) is 7.05 Å². The molecule has 0 radical (unpaired) electrons. The van der Waals surface area contributed by atoms with Gasteiger partial charge in [0.05, 0.1) is 6.04 Å². The zero-order valence-corrected chi connectivity index (χ0v) is 9.79. The van der Waals surface area contributed by atoms with Crippen LogP contribution >= 0.6 is 0 Å². The summed E-state index contributed by atoms with van der Waals surface area (Å²) in [6.45, 7) is 1.89. The molecule has 2 aromatic heterocycles. The average Bonchev–Trinajstić information content (AvgIpc) is 2.76. The molecule has 0 aliphatic heterocycles. The van der Waals surface area contributed by atoms with Crippen LogP contribution in [0.25, 0.3) is 0 Å². The van der Waals surface area contributed by atoms with E-state index in [0.717, 1.165) is 5.82 Å². The molecule has 1 N–H and O–H groups in total. The van der Waals surface area contributed by atoms with Crippen LogP contribution < -0.4 is 5.32 Å². The zero-order chi connectivity index (χ0) is 12.3. The summed E-state index contributed by atoms with van der Waals surface area (Å²) in [5, 5.41) is 2.85. The van der Waals surface area contributed by atoms with E-state index in [0.29, 0.717) is 5.69 Å². The molecule has 0 bridgehead atoms. The molecule has 0 saturated carbocycles. The molecule has 1 amide bonds. The van der Waals surface area contributed by atoms with Gasteiger partial charge in [-0.05, 0) is 19.1 Å². The summed E-state index contributed by atoms with van der Waals surface area (Å²) >= 11 is 0. The number of amides is 1. The Kier molecular flexibility index (Phi) is 3.18. The van der Waals surface area contributed by atoms with Gasteiger partial charge >= 0.3 is 0 Å². The van der Waals surface area contributed by atoms with Crippen molar-refractivity contribution in [3.8, 4) is 0 Å². The number of nitrogens with zero attached hydrogens (tertiary/aromatic N) is 3. The van der Waals surface area contributed by atoms with Gasteiger partial charge in [0.1, 0.15) is 11.5 Å². The van der Waals surface area contributed by atoms with E-state index in [1.807, 2.05) is 24.7 Å². The number of rotatable bonds is 3. The maximum absolute atomic E-state index is 11.9. The van der Waals surface area contributed by atoms with Crippen LogP contribution in [0.3, 0.4) is 0 Å². The van der Waals surface area contributed by atoms with Crippen LogP contribution in [0, 0.1) is 0 Å². The lowest BCUT2D eigenvalue weighted by atomic mass is 10.2. The minimum absolute atomic E-state index is 0.149. The molecular formula is C12H14N4O. The minimum atomic E-state index is -0.193. The molecule has 0 aromatic carbocycles. The Bertz CT molecular complexity index is 506. The van der Waals surface area contributed by atoms with Crippen LogP contribution in [0.1, 0.15) is 29.3 Å². The van der Waals surface area contributed by atoms with E-state index >= 15 is 0 Å². The summed E-state index contributed by atoms with van der Waals surface area (Å²) in [6.07, 6.45) is 5.15. The van der Waals surface area contributed by atoms with Crippen molar-refractivity contribution in [3.05, 3.63) is 48.3 Å². The second kappa shape index (κ2) is 4.78. The van der Waals surface area contributed by atoms with E-state index in [4.69, 9.17) is 0 Å². The minimum Gasteiger partial charge on any atom is -0.341 e. The first-order chi connectivity index (χ1) is 8.18. The number of pyridine rings is 1. The van der Waals surface area contributed by atoms with Crippen LogP contribution in [-0.2, 0) is 7.05 Å². The second-order valence-electron chi connectivity index (χ2n) is 3.81. The number of hydrogen-bond acceptors (Lipinski definition) is 3. The van der Waals surface area contributed by atoms with Crippen LogP contribution in [0.5, 0.6) is 0 Å². The smallest absolute Gasteiger partial charge is 0.270 e. The largest absolute Gasteiger partial charge is 0.341 e. The van der Waals surface area contributed by atoms with E-state index in [1.54, 1.807) is 30.6 Å². The normalized spacial score (nSPS) is 12.1. The molecule has 2 rings (SSSR count). The highest BCUT2D eigenvalue weighted by Crippen LogP contribution is 2.09. The number of carbonyl (C=O) groups is 1. The van der Waals surface area contributed by atoms with Crippen molar-refractivity contribution in [2.45, 2.75) is 13.0 Å². The fraction of sp³-hybridized carbons (Fsp3) is 0.250. The Morgan fingerprint density at radius 1 is 1.35 bits per heavy atom. The predicted molar refractivity (Wildman–Crippen MR) is 63.3 cm³/mol. The van der Waals surface area contributed by atoms with Crippen LogP contribution in [0.15, 0.2) is 36.8 Å². The standard InChI is InChI=1S/C12H14N4O/c1-9(11-14-7-8-16(11)2)15-12(17)10-5-3-4-6-13-10/h3-9H,1-2H3,(H,15,17). The molecule has 1 unspecified atom stereocenters. The molecule has 17 heavy (non-hydrogen) atoms. The molecule has 2 aromatic rings. The Hall–Kier alpha value is -2.17. The fourth-order valence-corrected chi connectivity index (χ4v) is 1.63. The number of nitrogens with one attached hydrogen (secondary N) is 1. The second-order valence-corrected chi connectivity index (χ2v) is 3.81. The molecule has 2 heterocycles. The van der Waals surface area contributed by atoms with Crippen molar-refractivity contribution in [2.75, 3.05) is 0 Å². The Morgan fingerprint density at radius 3 is 2.76 bits per heavy atom. The molecular weight excluding hydrogens is 216 g/mol. The molecule has 0 aliphatic rings. The quantitative estimate of drug-likeness (QED) is 0.864. The van der Waals surface area contributed by atoms with Gasteiger partial charge in [-0.15, -0.1) is 0 Å². The van der Waals surface area contributed by atoms with Gasteiger partial charge in [0, 0.05) is 25.6 Å². The van der Waals surface area contributed by atoms with Crippen molar-refractivity contribution in [1.29, 1.82) is 0 Å². The van der Waals surface area contributed by atoms with Gasteiger partial charge in [0.2, 0.25) is 0 Å². The summed E-state index contributed by atoms with van der Waals surface area (Å²) in [5.74, 6) is 0.621. The molecule has 0 spiro atoms. The average molecular weight is 230 g/mol. The molecule has 0 saturated heterocycles. The fourth-order valence-electron chi connectivity index (χ4n) is 1.63. The van der Waals surface area contributed by atoms with E-state index in [-0.39, 0.29) is 11.9 Å². The summed E-state index contributed by atoms with van der Waals surface area (Å²) in [5.41, 5.74) is 0.411. The first-order valence-corrected chi connectivity index (χ1v) is 5.37. The molecule has 1 atom stereocenters. The molecule has 0 fully saturated rings. The van der Waals surface area contributed by atoms with E-state index in [1.165, 1.54) is 0 Å². The number of imidazole rings is 1. The maximum Gasteiger partial charge on any atom is 0.270 e. The van der Waals surface area contributed by atoms with Gasteiger partial charge < -0.3 is 9.88 Å². The predicted octanol–water partition coefficient (Wildman–Crippen LogP) is 1.31. The number of aromatic nitrogens is 3. The lowest BCUT2D eigenvalue weighted by molar-refractivity contribution is 0.0933. The van der Waals surface area contributed by atoms with Crippen LogP contribution in [0.4, 0.5) is 0 Å². The lowest BCUT2D eigenvalue weighted by Crippen LogP contribution is -2.28. The Balaban J connectivity index is 2.08. The van der Waals surface area contributed by atoms with Crippen LogP contribution in [0.2, 0.25) is 0 Å². The van der Waals surface area contributed by atoms with Crippen molar-refractivity contribution in [1.82, 2.24) is 19.9 Å². The van der Waals surface area contributed by atoms with E-state index in [9.17, 15) is 4.79 Å². The highest BCUT2D eigenvalue weighted by atomic mass is 16.1. The number of aryl methyl sites for hydroxylation is 1. The van der Waals surface area contributed by atoms with Gasteiger partial charge in [-0.2, -0.15) is 0 Å². The molecule has 5 heteroatoms. The molecule has 5 nitrogen and oxygen atoms in total. The molecule has 88 valence electrons. The van der Waals surface area contributed by atoms with Gasteiger partial charge in [-0.3, -0.25) is 9.78 Å². The van der Waals surface area contributed by atoms with Gasteiger partial charge in [-0.1, -0.05) is 6.07 Å². The summed E-state index contributed by atoms with van der Waals surface area (Å²) in [4.78, 5) is 20.0. The Labute approximate surface area is 99.5 Å². The summed E-state index contributed by atoms with van der Waals surface area (Å²) in [7, 11) is 1.89. The summed E-state index contributed by atoms with van der Waals surface area (Å²) < 4.78 is 1.88. The molecule has 0 aliphatic carbocycles. The van der Waals surface area contributed by atoms with Crippen molar-refractivity contribution >= 4 is 5.91 Å². The van der Waals surface area contributed by atoms with Gasteiger partial charge in [0.25, 0.3) is 5.91 Å². The van der Waals surface area contributed by atoms with E-state index < -0.39 is 0 Å². The summed E-state index contributed by atoms with van der Waals surface area (Å²) in [6, 6.07) is 5.09. The SMILES string of the molecule is CC(NC(=O)c1ccccn1)c1nccn1C. The number of carbonyl (C=O) groups excluding carboxylic acids is 1. The first-order valence-electron chi connectivity index (χ1n) is 5.37. The van der Waals surface area contributed by atoms with Gasteiger partial charge in [0.15, 0.2) is 0 Å². The Morgan fingerprint density at radius 2 is 2.18 bits per heavy atom. The zero-order valence-electron chi connectivity index (χ0n) is 9.79. The van der Waals surface area contributed by atoms with Crippen LogP contribution in [-0.4, -0.2) is 20.4 Å². The highest BCUT2D eigenvalue weighted by molar-refractivity contribution is 5.92. The van der Waals surface area contributed by atoms with Crippen molar-refractivity contribution in [3.63, 3.8) is 0 Å². The van der Waals surface area contributed by atoms with E-state index in [2.05, 4.69) is 15.3 Å². The highest BCUT2D eigenvalue weighted by Gasteiger charge is 2.14. The topological polar surface area (TPSA) is 59.8 Å². The third kappa shape index (κ3) is 2.50.